The van der Waals surface area contributed by atoms with Gasteiger partial charge >= 0.3 is 0 Å². The SMILES string of the molecule is CC=NC(=N)S(C)=O. The van der Waals surface area contributed by atoms with E-state index in [0.29, 0.717) is 0 Å². The van der Waals surface area contributed by atoms with Gasteiger partial charge in [0.2, 0.25) is 5.17 Å². The lowest BCUT2D eigenvalue weighted by atomic mass is 10.9. The normalized spacial score (nSPS) is 14.2. The van der Waals surface area contributed by atoms with Gasteiger partial charge in [0.15, 0.2) is 0 Å². The third-order valence-electron chi connectivity index (χ3n) is 0.519. The van der Waals surface area contributed by atoms with E-state index in [1.807, 2.05) is 0 Å². The Morgan fingerprint density at radius 2 is 2.38 bits per heavy atom. The van der Waals surface area contributed by atoms with E-state index >= 15 is 0 Å². The van der Waals surface area contributed by atoms with Gasteiger partial charge in [0.05, 0.1) is 10.8 Å². The summed E-state index contributed by atoms with van der Waals surface area (Å²) in [5.41, 5.74) is 0. The second-order valence-electron chi connectivity index (χ2n) is 1.15. The third-order valence-corrected chi connectivity index (χ3v) is 1.17. The highest BCUT2D eigenvalue weighted by atomic mass is 32.2. The molecule has 0 aliphatic heterocycles. The van der Waals surface area contributed by atoms with Crippen molar-refractivity contribution in [2.75, 3.05) is 6.26 Å². The van der Waals surface area contributed by atoms with Crippen LogP contribution in [0.3, 0.4) is 0 Å². The summed E-state index contributed by atoms with van der Waals surface area (Å²) in [5.74, 6) is 0. The average molecular weight is 132 g/mol. The highest BCUT2D eigenvalue weighted by molar-refractivity contribution is 7.99. The van der Waals surface area contributed by atoms with Crippen LogP contribution in [0.25, 0.3) is 0 Å². The van der Waals surface area contributed by atoms with E-state index in [-0.39, 0.29) is 5.17 Å². The highest BCUT2D eigenvalue weighted by Gasteiger charge is 1.92. The van der Waals surface area contributed by atoms with Crippen molar-refractivity contribution in [3.63, 3.8) is 0 Å². The minimum atomic E-state index is -1.22. The zero-order chi connectivity index (χ0) is 6.57. The number of hydrogen-bond donors (Lipinski definition) is 1. The molecule has 0 rings (SSSR count). The van der Waals surface area contributed by atoms with Gasteiger partial charge in [0.25, 0.3) is 0 Å². The summed E-state index contributed by atoms with van der Waals surface area (Å²) in [6.07, 6.45) is 2.87. The van der Waals surface area contributed by atoms with E-state index in [4.69, 9.17) is 5.41 Å². The number of aliphatic imine (C=N–C) groups is 1. The molecule has 0 aromatic carbocycles. The molecule has 0 saturated carbocycles. The molecule has 1 atom stereocenters. The number of nitrogens with one attached hydrogen (secondary N) is 1. The molecule has 0 saturated heterocycles. The van der Waals surface area contributed by atoms with Crippen molar-refractivity contribution in [2.24, 2.45) is 4.99 Å². The maximum atomic E-state index is 10.3. The quantitative estimate of drug-likeness (QED) is 0.376. The molecule has 1 unspecified atom stereocenters. The Morgan fingerprint density at radius 1 is 1.88 bits per heavy atom. The van der Waals surface area contributed by atoms with Crippen LogP contribution in [0.2, 0.25) is 0 Å². The summed E-state index contributed by atoms with van der Waals surface area (Å²) in [4.78, 5) is 3.48. The first kappa shape index (κ1) is 7.49. The van der Waals surface area contributed by atoms with Crippen LogP contribution in [0.1, 0.15) is 6.92 Å². The van der Waals surface area contributed by atoms with Crippen molar-refractivity contribution in [1.29, 1.82) is 5.41 Å². The van der Waals surface area contributed by atoms with Crippen molar-refractivity contribution in [3.05, 3.63) is 0 Å². The Balaban J connectivity index is 3.85. The van der Waals surface area contributed by atoms with E-state index < -0.39 is 10.8 Å². The fraction of sp³-hybridized carbons (Fsp3) is 0.500. The van der Waals surface area contributed by atoms with E-state index in [2.05, 4.69) is 4.99 Å². The van der Waals surface area contributed by atoms with Crippen LogP contribution in [0.15, 0.2) is 4.99 Å². The maximum Gasteiger partial charge on any atom is 0.210 e. The molecular weight excluding hydrogens is 124 g/mol. The third kappa shape index (κ3) is 2.63. The fourth-order valence-corrected chi connectivity index (χ4v) is 0.445. The lowest BCUT2D eigenvalue weighted by Gasteiger charge is -1.84. The zero-order valence-corrected chi connectivity index (χ0v) is 5.66. The minimum absolute atomic E-state index is 0.0764. The molecule has 4 heteroatoms. The molecule has 3 nitrogen and oxygen atoms in total. The summed E-state index contributed by atoms with van der Waals surface area (Å²) in [6, 6.07) is 0. The molecule has 0 amide bonds. The number of nitrogens with zero attached hydrogens (tertiary/aromatic N) is 1. The van der Waals surface area contributed by atoms with Crippen molar-refractivity contribution in [2.45, 2.75) is 6.92 Å². The standard InChI is InChI=1S/C4H8N2OS/c1-3-6-4(5)8(2)7/h3,5H,1-2H3. The maximum absolute atomic E-state index is 10.3. The second-order valence-corrected chi connectivity index (χ2v) is 2.44. The van der Waals surface area contributed by atoms with Crippen molar-refractivity contribution >= 4 is 22.2 Å². The molecule has 0 bridgehead atoms. The molecule has 0 aliphatic rings. The van der Waals surface area contributed by atoms with Crippen LogP contribution in [-0.4, -0.2) is 21.8 Å². The van der Waals surface area contributed by atoms with Crippen LogP contribution < -0.4 is 0 Å². The van der Waals surface area contributed by atoms with E-state index in [1.165, 1.54) is 12.5 Å². The Hall–Kier alpha value is -0.510. The Labute approximate surface area is 50.8 Å². The largest absolute Gasteiger partial charge is 0.275 e. The number of hydrogen-bond acceptors (Lipinski definition) is 2. The molecule has 0 aromatic rings. The van der Waals surface area contributed by atoms with Crippen molar-refractivity contribution in [3.8, 4) is 0 Å². The van der Waals surface area contributed by atoms with Gasteiger partial charge in [0.1, 0.15) is 0 Å². The topological polar surface area (TPSA) is 53.3 Å². The first-order valence-corrected chi connectivity index (χ1v) is 3.65. The van der Waals surface area contributed by atoms with Crippen LogP contribution in [0.5, 0.6) is 0 Å². The molecule has 46 valence electrons. The summed E-state index contributed by atoms with van der Waals surface area (Å²) >= 11 is 0. The lowest BCUT2D eigenvalue weighted by Crippen LogP contribution is -1.98. The molecule has 0 fully saturated rings. The smallest absolute Gasteiger partial charge is 0.210 e. The Morgan fingerprint density at radius 3 is 2.50 bits per heavy atom. The average Bonchev–Trinajstić information content (AvgIpc) is 1.67. The van der Waals surface area contributed by atoms with E-state index in [0.717, 1.165) is 0 Å². The second kappa shape index (κ2) is 3.49. The molecular formula is C4H8N2OS. The monoisotopic (exact) mass is 132 g/mol. The Bertz CT molecular complexity index is 141. The molecule has 0 aromatic heterocycles. The van der Waals surface area contributed by atoms with Gasteiger partial charge in [-0.15, -0.1) is 0 Å². The van der Waals surface area contributed by atoms with Crippen molar-refractivity contribution < 1.29 is 4.21 Å². The fourth-order valence-electron chi connectivity index (χ4n) is 0.191. The predicted molar refractivity (Wildman–Crippen MR) is 36.0 cm³/mol. The van der Waals surface area contributed by atoms with Crippen LogP contribution >= 0.6 is 0 Å². The lowest BCUT2D eigenvalue weighted by molar-refractivity contribution is 0.692. The Kier molecular flexibility index (Phi) is 3.26. The van der Waals surface area contributed by atoms with Gasteiger partial charge in [-0.25, -0.2) is 4.99 Å². The summed E-state index contributed by atoms with van der Waals surface area (Å²) < 4.78 is 10.3. The molecule has 1 N–H and O–H groups in total. The first-order chi connectivity index (χ1) is 3.68. The van der Waals surface area contributed by atoms with Crippen molar-refractivity contribution in [1.82, 2.24) is 0 Å². The molecule has 0 spiro atoms. The molecule has 0 heterocycles. The minimum Gasteiger partial charge on any atom is -0.275 e. The molecule has 0 aliphatic carbocycles. The van der Waals surface area contributed by atoms with Gasteiger partial charge in [0, 0.05) is 12.5 Å². The van der Waals surface area contributed by atoms with Gasteiger partial charge in [-0.05, 0) is 6.92 Å². The first-order valence-electron chi connectivity index (χ1n) is 2.09. The molecule has 0 radical (unpaired) electrons. The molecule has 8 heavy (non-hydrogen) atoms. The number of amidine groups is 1. The summed E-state index contributed by atoms with van der Waals surface area (Å²) in [6.45, 7) is 1.68. The zero-order valence-electron chi connectivity index (χ0n) is 4.84. The predicted octanol–water partition coefficient (Wildman–Crippen LogP) is 0.390. The number of rotatable bonds is 0. The van der Waals surface area contributed by atoms with Crippen LogP contribution in [0.4, 0.5) is 0 Å². The van der Waals surface area contributed by atoms with Crippen LogP contribution in [0, 0.1) is 5.41 Å². The van der Waals surface area contributed by atoms with Crippen LogP contribution in [-0.2, 0) is 10.8 Å². The van der Waals surface area contributed by atoms with Gasteiger partial charge in [-0.2, -0.15) is 0 Å². The van der Waals surface area contributed by atoms with Gasteiger partial charge < -0.3 is 0 Å². The van der Waals surface area contributed by atoms with E-state index in [9.17, 15) is 4.21 Å². The van der Waals surface area contributed by atoms with Gasteiger partial charge in [-0.3, -0.25) is 9.62 Å². The summed E-state index contributed by atoms with van der Waals surface area (Å²) in [7, 11) is -1.22. The van der Waals surface area contributed by atoms with E-state index in [1.54, 1.807) is 6.92 Å². The summed E-state index contributed by atoms with van der Waals surface area (Å²) in [5, 5.41) is 6.77. The highest BCUT2D eigenvalue weighted by Crippen LogP contribution is 1.78. The van der Waals surface area contributed by atoms with Gasteiger partial charge in [-0.1, -0.05) is 0 Å².